The summed E-state index contributed by atoms with van der Waals surface area (Å²) in [5, 5.41) is 16.8. The maximum atomic E-state index is 10.3. The van der Waals surface area contributed by atoms with Gasteiger partial charge < -0.3 is 5.11 Å². The first-order valence-corrected chi connectivity index (χ1v) is 2.55. The van der Waals surface area contributed by atoms with E-state index in [0.29, 0.717) is 0 Å². The molecule has 1 rings (SSSR count). The smallest absolute Gasteiger partial charge is 0.330 e. The lowest BCUT2D eigenvalue weighted by molar-refractivity contribution is -0.141. The number of aliphatic carboxylic acids is 1. The molecule has 0 aromatic carbocycles. The van der Waals surface area contributed by atoms with E-state index in [2.05, 4.69) is 10.3 Å². The van der Waals surface area contributed by atoms with E-state index in [0.717, 1.165) is 0 Å². The highest BCUT2D eigenvalue weighted by molar-refractivity contribution is 5.73. The topological polar surface area (TPSA) is 65.3 Å². The molecular weight excluding hydrogens is 122 g/mol. The van der Waals surface area contributed by atoms with E-state index in [1.165, 1.54) is 5.01 Å². The van der Waals surface area contributed by atoms with Crippen molar-refractivity contribution in [1.29, 1.82) is 0 Å². The van der Waals surface area contributed by atoms with Gasteiger partial charge in [0.15, 0.2) is 6.04 Å². The molecule has 1 aliphatic rings. The monoisotopic (exact) mass is 129 g/mol. The SMILES string of the molecule is CN1N=NCC1C(=O)O. The van der Waals surface area contributed by atoms with Crippen molar-refractivity contribution in [3.8, 4) is 0 Å². The van der Waals surface area contributed by atoms with Gasteiger partial charge in [-0.15, -0.1) is 0 Å². The Kier molecular flexibility index (Phi) is 1.33. The second-order valence-electron chi connectivity index (χ2n) is 1.84. The predicted molar refractivity (Wildman–Crippen MR) is 28.9 cm³/mol. The van der Waals surface area contributed by atoms with Crippen molar-refractivity contribution >= 4 is 5.97 Å². The highest BCUT2D eigenvalue weighted by atomic mass is 16.4. The standard InChI is InChI=1S/C4H7N3O2/c1-7-3(4(8)9)2-5-6-7/h3H,2H2,1H3,(H,8,9). The first-order chi connectivity index (χ1) is 4.22. The minimum atomic E-state index is -0.873. The molecule has 0 saturated carbocycles. The van der Waals surface area contributed by atoms with Crippen LogP contribution in [-0.4, -0.2) is 35.7 Å². The molecule has 1 unspecified atom stereocenters. The number of rotatable bonds is 1. The molecule has 1 N–H and O–H groups in total. The van der Waals surface area contributed by atoms with Crippen molar-refractivity contribution in [2.45, 2.75) is 6.04 Å². The highest BCUT2D eigenvalue weighted by Gasteiger charge is 2.25. The van der Waals surface area contributed by atoms with Crippen LogP contribution in [0.1, 0.15) is 0 Å². The van der Waals surface area contributed by atoms with Crippen LogP contribution in [0.5, 0.6) is 0 Å². The predicted octanol–water partition coefficient (Wildman–Crippen LogP) is -0.248. The second-order valence-corrected chi connectivity index (χ2v) is 1.84. The van der Waals surface area contributed by atoms with Crippen molar-refractivity contribution in [3.63, 3.8) is 0 Å². The van der Waals surface area contributed by atoms with Crippen LogP contribution in [-0.2, 0) is 4.79 Å². The number of hydrogen-bond donors (Lipinski definition) is 1. The van der Waals surface area contributed by atoms with Crippen molar-refractivity contribution in [2.75, 3.05) is 13.6 Å². The van der Waals surface area contributed by atoms with Crippen molar-refractivity contribution in [3.05, 3.63) is 0 Å². The number of carboxylic acids is 1. The number of hydrogen-bond acceptors (Lipinski definition) is 4. The molecule has 0 aromatic rings. The van der Waals surface area contributed by atoms with Gasteiger partial charge >= 0.3 is 5.97 Å². The number of nitrogens with zero attached hydrogens (tertiary/aromatic N) is 3. The van der Waals surface area contributed by atoms with Crippen LogP contribution in [0.3, 0.4) is 0 Å². The summed E-state index contributed by atoms with van der Waals surface area (Å²) in [4.78, 5) is 10.3. The molecule has 1 heterocycles. The second kappa shape index (κ2) is 2.00. The van der Waals surface area contributed by atoms with Gasteiger partial charge in [0.05, 0.1) is 6.54 Å². The average molecular weight is 129 g/mol. The third-order valence-corrected chi connectivity index (χ3v) is 1.20. The molecule has 0 saturated heterocycles. The van der Waals surface area contributed by atoms with Crippen molar-refractivity contribution in [1.82, 2.24) is 5.01 Å². The lowest BCUT2D eigenvalue weighted by Gasteiger charge is -2.10. The van der Waals surface area contributed by atoms with Crippen LogP contribution in [0.15, 0.2) is 10.3 Å². The third kappa shape index (κ3) is 0.984. The molecule has 1 aliphatic heterocycles. The largest absolute Gasteiger partial charge is 0.480 e. The molecule has 5 heteroatoms. The van der Waals surface area contributed by atoms with Gasteiger partial charge in [0.25, 0.3) is 0 Å². The Balaban J connectivity index is 2.55. The Morgan fingerprint density at radius 3 is 2.78 bits per heavy atom. The Labute approximate surface area is 52.0 Å². The summed E-state index contributed by atoms with van der Waals surface area (Å²) in [5.41, 5.74) is 0. The number of likely N-dealkylation sites (N-methyl/N-ethyl adjacent to an activating group) is 1. The fraction of sp³-hybridized carbons (Fsp3) is 0.750. The van der Waals surface area contributed by atoms with Gasteiger partial charge in [-0.05, 0) is 0 Å². The molecule has 0 radical (unpaired) electrons. The molecule has 1 atom stereocenters. The van der Waals surface area contributed by atoms with Gasteiger partial charge in [-0.3, -0.25) is 5.01 Å². The Hall–Kier alpha value is -1.13. The summed E-state index contributed by atoms with van der Waals surface area (Å²) < 4.78 is 0. The van der Waals surface area contributed by atoms with Crippen LogP contribution in [0.25, 0.3) is 0 Å². The quantitative estimate of drug-likeness (QED) is 0.531. The molecule has 5 nitrogen and oxygen atoms in total. The van der Waals surface area contributed by atoms with E-state index in [9.17, 15) is 4.79 Å². The van der Waals surface area contributed by atoms with Crippen LogP contribution in [0.4, 0.5) is 0 Å². The lowest BCUT2D eigenvalue weighted by Crippen LogP contribution is -2.33. The van der Waals surface area contributed by atoms with Gasteiger partial charge in [-0.1, -0.05) is 5.22 Å². The van der Waals surface area contributed by atoms with Gasteiger partial charge in [0, 0.05) is 7.05 Å². The number of carboxylic acid groups (broad SMARTS) is 1. The maximum absolute atomic E-state index is 10.3. The van der Waals surface area contributed by atoms with Crippen LogP contribution >= 0.6 is 0 Å². The summed E-state index contributed by atoms with van der Waals surface area (Å²) in [6.07, 6.45) is 0. The normalized spacial score (nSPS) is 25.0. The summed E-state index contributed by atoms with van der Waals surface area (Å²) in [6, 6.07) is -0.551. The van der Waals surface area contributed by atoms with E-state index >= 15 is 0 Å². The Bertz CT molecular complexity index is 156. The van der Waals surface area contributed by atoms with Crippen molar-refractivity contribution in [2.24, 2.45) is 10.3 Å². The summed E-state index contributed by atoms with van der Waals surface area (Å²) in [7, 11) is 1.59. The molecule has 0 aromatic heterocycles. The molecular formula is C4H7N3O2. The fourth-order valence-electron chi connectivity index (χ4n) is 0.632. The molecule has 0 spiro atoms. The van der Waals surface area contributed by atoms with Crippen LogP contribution < -0.4 is 0 Å². The minimum Gasteiger partial charge on any atom is -0.480 e. The zero-order valence-electron chi connectivity index (χ0n) is 4.98. The molecule has 50 valence electrons. The van der Waals surface area contributed by atoms with Crippen LogP contribution in [0, 0.1) is 0 Å². The van der Waals surface area contributed by atoms with E-state index in [4.69, 9.17) is 5.11 Å². The molecule has 9 heavy (non-hydrogen) atoms. The van der Waals surface area contributed by atoms with E-state index in [-0.39, 0.29) is 6.54 Å². The summed E-state index contributed by atoms with van der Waals surface area (Å²) >= 11 is 0. The van der Waals surface area contributed by atoms with Gasteiger partial charge in [-0.2, -0.15) is 5.11 Å². The van der Waals surface area contributed by atoms with Gasteiger partial charge in [0.1, 0.15) is 0 Å². The molecule has 0 bridgehead atoms. The van der Waals surface area contributed by atoms with Crippen molar-refractivity contribution < 1.29 is 9.90 Å². The summed E-state index contributed by atoms with van der Waals surface area (Å²) in [5.74, 6) is -0.873. The third-order valence-electron chi connectivity index (χ3n) is 1.20. The maximum Gasteiger partial charge on any atom is 0.330 e. The average Bonchev–Trinajstić information content (AvgIpc) is 2.13. The molecule has 0 fully saturated rings. The molecule has 0 amide bonds. The zero-order chi connectivity index (χ0) is 6.85. The van der Waals surface area contributed by atoms with Gasteiger partial charge in [0.2, 0.25) is 0 Å². The van der Waals surface area contributed by atoms with E-state index in [1.807, 2.05) is 0 Å². The van der Waals surface area contributed by atoms with E-state index < -0.39 is 12.0 Å². The Morgan fingerprint density at radius 2 is 2.56 bits per heavy atom. The lowest BCUT2D eigenvalue weighted by atomic mass is 10.3. The fourth-order valence-corrected chi connectivity index (χ4v) is 0.632. The summed E-state index contributed by atoms with van der Waals surface area (Å²) in [6.45, 7) is 0.270. The number of carbonyl (C=O) groups is 1. The van der Waals surface area contributed by atoms with Crippen LogP contribution in [0.2, 0.25) is 0 Å². The first-order valence-electron chi connectivity index (χ1n) is 2.55. The zero-order valence-corrected chi connectivity index (χ0v) is 4.98. The Morgan fingerprint density at radius 1 is 1.89 bits per heavy atom. The molecule has 0 aliphatic carbocycles. The van der Waals surface area contributed by atoms with E-state index in [1.54, 1.807) is 7.05 Å². The first kappa shape index (κ1) is 6.00. The highest BCUT2D eigenvalue weighted by Crippen LogP contribution is 2.05. The minimum absolute atomic E-state index is 0.270. The van der Waals surface area contributed by atoms with Gasteiger partial charge in [-0.25, -0.2) is 4.79 Å².